The minimum absolute atomic E-state index is 0.0449. The van der Waals surface area contributed by atoms with Crippen molar-refractivity contribution in [2.75, 3.05) is 0 Å². The number of esters is 2. The Labute approximate surface area is 187 Å². The van der Waals surface area contributed by atoms with Crippen LogP contribution in [0.1, 0.15) is 12.8 Å². The Morgan fingerprint density at radius 3 is 1.37 bits per heavy atom. The lowest BCUT2D eigenvalue weighted by molar-refractivity contribution is -0.385. The summed E-state index contributed by atoms with van der Waals surface area (Å²) >= 11 is 23.0. The van der Waals surface area contributed by atoms with Crippen molar-refractivity contribution >= 4 is 69.7 Å². The number of ether oxygens (including phenoxy) is 2. The van der Waals surface area contributed by atoms with E-state index in [2.05, 4.69) is 0 Å². The summed E-state index contributed by atoms with van der Waals surface area (Å²) in [5.74, 6) is -3.17. The molecule has 0 saturated heterocycles. The van der Waals surface area contributed by atoms with E-state index in [0.717, 1.165) is 24.3 Å². The number of nitro benzene ring substituents is 2. The molecule has 14 heteroatoms. The van der Waals surface area contributed by atoms with Gasteiger partial charge in [0.1, 0.15) is 0 Å². The highest BCUT2D eigenvalue weighted by atomic mass is 35.5. The van der Waals surface area contributed by atoms with Gasteiger partial charge in [-0.05, 0) is 12.1 Å². The van der Waals surface area contributed by atoms with Gasteiger partial charge in [-0.2, -0.15) is 0 Å². The molecule has 0 radical (unpaired) electrons. The molecule has 0 fully saturated rings. The molecule has 0 saturated carbocycles. The van der Waals surface area contributed by atoms with Crippen LogP contribution in [-0.2, 0) is 9.59 Å². The summed E-state index contributed by atoms with van der Waals surface area (Å²) in [5, 5.41) is 21.5. The van der Waals surface area contributed by atoms with Crippen LogP contribution in [0.4, 0.5) is 11.4 Å². The molecule has 0 spiro atoms. The van der Waals surface area contributed by atoms with Gasteiger partial charge in [-0.1, -0.05) is 46.4 Å². The van der Waals surface area contributed by atoms with Gasteiger partial charge in [0.2, 0.25) is 11.5 Å². The number of rotatable bonds is 7. The zero-order chi connectivity index (χ0) is 22.6. The van der Waals surface area contributed by atoms with E-state index in [1.807, 2.05) is 0 Å². The Morgan fingerprint density at radius 2 is 1.07 bits per heavy atom. The van der Waals surface area contributed by atoms with Gasteiger partial charge in [0.05, 0.1) is 32.7 Å². The Hall–Kier alpha value is -2.66. The van der Waals surface area contributed by atoms with Crippen LogP contribution in [0.25, 0.3) is 0 Å². The van der Waals surface area contributed by atoms with E-state index in [0.29, 0.717) is 0 Å². The fourth-order valence-electron chi connectivity index (χ4n) is 2.10. The Kier molecular flexibility index (Phi) is 7.79. The maximum absolute atomic E-state index is 12.0. The molecule has 2 aromatic carbocycles. The summed E-state index contributed by atoms with van der Waals surface area (Å²) in [6, 6.07) is 4.14. The van der Waals surface area contributed by atoms with E-state index in [-0.39, 0.29) is 20.1 Å². The van der Waals surface area contributed by atoms with Gasteiger partial charge in [-0.15, -0.1) is 0 Å². The maximum Gasteiger partial charge on any atom is 0.314 e. The Morgan fingerprint density at radius 1 is 0.733 bits per heavy atom. The second kappa shape index (κ2) is 9.90. The monoisotopic (exact) mass is 496 g/mol. The lowest BCUT2D eigenvalue weighted by atomic mass is 10.2. The van der Waals surface area contributed by atoms with Gasteiger partial charge in [-0.25, -0.2) is 0 Å². The van der Waals surface area contributed by atoms with Crippen LogP contribution in [0.3, 0.4) is 0 Å². The third-order valence-electron chi connectivity index (χ3n) is 3.34. The van der Waals surface area contributed by atoms with Crippen LogP contribution in [0.15, 0.2) is 24.3 Å². The van der Waals surface area contributed by atoms with Crippen molar-refractivity contribution in [3.8, 4) is 11.5 Å². The maximum atomic E-state index is 12.0. The van der Waals surface area contributed by atoms with E-state index in [1.165, 1.54) is 0 Å². The quantitative estimate of drug-likeness (QED) is 0.214. The molecule has 0 amide bonds. The number of halogens is 4. The number of hydrogen-bond acceptors (Lipinski definition) is 8. The second-order valence-electron chi connectivity index (χ2n) is 5.43. The number of carbonyl (C=O) groups excluding carboxylic acids is 2. The topological polar surface area (TPSA) is 139 Å². The third-order valence-corrected chi connectivity index (χ3v) is 4.33. The van der Waals surface area contributed by atoms with Crippen LogP contribution in [0.5, 0.6) is 11.5 Å². The lowest BCUT2D eigenvalue weighted by Crippen LogP contribution is -2.15. The van der Waals surface area contributed by atoms with Crippen LogP contribution in [0, 0.1) is 20.2 Å². The number of benzene rings is 2. The van der Waals surface area contributed by atoms with E-state index < -0.39 is 57.5 Å². The molecular weight excluding hydrogens is 490 g/mol. The lowest BCUT2D eigenvalue weighted by Gasteiger charge is -2.09. The summed E-state index contributed by atoms with van der Waals surface area (Å²) in [6.45, 7) is 0. The summed E-state index contributed by atoms with van der Waals surface area (Å²) in [5.41, 5.74) is -1.29. The first kappa shape index (κ1) is 23.6. The molecule has 0 aliphatic carbocycles. The summed E-state index contributed by atoms with van der Waals surface area (Å²) < 4.78 is 9.73. The van der Waals surface area contributed by atoms with Crippen molar-refractivity contribution in [3.05, 3.63) is 64.6 Å². The minimum atomic E-state index is -1.05. The first-order valence-corrected chi connectivity index (χ1v) is 9.19. The number of nitro groups is 2. The SMILES string of the molecule is O=C(CCC(=O)Oc1c(Cl)cc(Cl)cc1[N+](=O)[O-])Oc1c(Cl)cc(Cl)cc1[N+](=O)[O-]. The highest BCUT2D eigenvalue weighted by Crippen LogP contribution is 2.39. The summed E-state index contributed by atoms with van der Waals surface area (Å²) in [7, 11) is 0. The fourth-order valence-corrected chi connectivity index (χ4v) is 3.14. The minimum Gasteiger partial charge on any atom is -0.417 e. The van der Waals surface area contributed by atoms with Crippen molar-refractivity contribution in [3.63, 3.8) is 0 Å². The van der Waals surface area contributed by atoms with Gasteiger partial charge in [-0.3, -0.25) is 29.8 Å². The largest absolute Gasteiger partial charge is 0.417 e. The van der Waals surface area contributed by atoms with Crippen LogP contribution in [-0.4, -0.2) is 21.8 Å². The molecule has 30 heavy (non-hydrogen) atoms. The average Bonchev–Trinajstić information content (AvgIpc) is 2.63. The Balaban J connectivity index is 2.08. The molecule has 0 N–H and O–H groups in total. The molecule has 2 aromatic rings. The molecule has 0 atom stereocenters. The molecule has 0 aliphatic rings. The first-order chi connectivity index (χ1) is 14.0. The molecule has 10 nitrogen and oxygen atoms in total. The van der Waals surface area contributed by atoms with E-state index in [1.54, 1.807) is 0 Å². The fraction of sp³-hybridized carbons (Fsp3) is 0.125. The third kappa shape index (κ3) is 5.92. The van der Waals surface area contributed by atoms with E-state index in [4.69, 9.17) is 55.9 Å². The van der Waals surface area contributed by atoms with Crippen LogP contribution < -0.4 is 9.47 Å². The molecule has 0 aromatic heterocycles. The standard InChI is InChI=1S/C16H8Cl4N2O8/c17-7-3-9(19)15(11(5-7)21(25)26)29-13(23)1-2-14(24)30-16-10(20)4-8(18)6-12(16)22(27)28/h3-6H,1-2H2. The summed E-state index contributed by atoms with van der Waals surface area (Å²) in [6.07, 6.45) is -1.15. The second-order valence-corrected chi connectivity index (χ2v) is 7.12. The van der Waals surface area contributed by atoms with Gasteiger partial charge in [0.25, 0.3) is 0 Å². The smallest absolute Gasteiger partial charge is 0.314 e. The zero-order valence-corrected chi connectivity index (χ0v) is 17.4. The molecule has 158 valence electrons. The summed E-state index contributed by atoms with van der Waals surface area (Å²) in [4.78, 5) is 44.4. The molecule has 0 aliphatic heterocycles. The number of nitrogens with zero attached hydrogens (tertiary/aromatic N) is 2. The van der Waals surface area contributed by atoms with E-state index in [9.17, 15) is 29.8 Å². The van der Waals surface area contributed by atoms with Gasteiger partial charge in [0, 0.05) is 22.2 Å². The molecule has 0 heterocycles. The average molecular weight is 498 g/mol. The van der Waals surface area contributed by atoms with Crippen molar-refractivity contribution in [2.45, 2.75) is 12.8 Å². The normalized spacial score (nSPS) is 10.4. The zero-order valence-electron chi connectivity index (χ0n) is 14.4. The van der Waals surface area contributed by atoms with Gasteiger partial charge in [0.15, 0.2) is 0 Å². The van der Waals surface area contributed by atoms with Crippen molar-refractivity contribution in [1.82, 2.24) is 0 Å². The predicted octanol–water partition coefficient (Wildman–Crippen LogP) is 5.41. The number of hydrogen-bond donors (Lipinski definition) is 0. The number of carbonyl (C=O) groups is 2. The highest BCUT2D eigenvalue weighted by molar-refractivity contribution is 6.36. The van der Waals surface area contributed by atoms with Crippen molar-refractivity contribution in [2.24, 2.45) is 0 Å². The van der Waals surface area contributed by atoms with Crippen molar-refractivity contribution in [1.29, 1.82) is 0 Å². The van der Waals surface area contributed by atoms with Gasteiger partial charge >= 0.3 is 23.3 Å². The highest BCUT2D eigenvalue weighted by Gasteiger charge is 2.25. The predicted molar refractivity (Wildman–Crippen MR) is 107 cm³/mol. The molecule has 0 bridgehead atoms. The first-order valence-electron chi connectivity index (χ1n) is 7.67. The Bertz CT molecular complexity index is 977. The van der Waals surface area contributed by atoms with Gasteiger partial charge < -0.3 is 9.47 Å². The van der Waals surface area contributed by atoms with Crippen molar-refractivity contribution < 1.29 is 28.9 Å². The van der Waals surface area contributed by atoms with Crippen LogP contribution in [0.2, 0.25) is 20.1 Å². The van der Waals surface area contributed by atoms with Crippen LogP contribution >= 0.6 is 46.4 Å². The van der Waals surface area contributed by atoms with E-state index >= 15 is 0 Å². The molecular formula is C16H8Cl4N2O8. The molecule has 2 rings (SSSR count). The molecule has 0 unspecified atom stereocenters.